The van der Waals surface area contributed by atoms with E-state index < -0.39 is 0 Å². The first-order chi connectivity index (χ1) is 11.4. The van der Waals surface area contributed by atoms with Gasteiger partial charge in [0.15, 0.2) is 0 Å². The van der Waals surface area contributed by atoms with Crippen LogP contribution in [0.15, 0.2) is 42.6 Å². The molecular weight excluding hydrogens is 304 g/mol. The molecule has 0 aliphatic carbocycles. The Hall–Kier alpha value is -2.89. The minimum atomic E-state index is -0.355. The lowest BCUT2D eigenvalue weighted by Crippen LogP contribution is -2.30. The molecule has 6 heteroatoms. The van der Waals surface area contributed by atoms with E-state index in [4.69, 9.17) is 0 Å². The van der Waals surface area contributed by atoms with Gasteiger partial charge in [0, 0.05) is 43.3 Å². The smallest absolute Gasteiger partial charge is 0.274 e. The molecule has 0 radical (unpaired) electrons. The summed E-state index contributed by atoms with van der Waals surface area (Å²) in [5, 5.41) is 5.57. The molecule has 0 fully saturated rings. The highest BCUT2D eigenvalue weighted by Gasteiger charge is 2.12. The summed E-state index contributed by atoms with van der Waals surface area (Å²) in [5.41, 5.74) is 2.32. The number of aromatic nitrogens is 1. The van der Waals surface area contributed by atoms with Crippen molar-refractivity contribution >= 4 is 23.2 Å². The molecule has 2 aromatic rings. The zero-order chi connectivity index (χ0) is 17.7. The monoisotopic (exact) mass is 326 g/mol. The van der Waals surface area contributed by atoms with Crippen molar-refractivity contribution in [3.63, 3.8) is 0 Å². The molecule has 1 aromatic heterocycles. The van der Waals surface area contributed by atoms with Crippen molar-refractivity contribution in [1.82, 2.24) is 10.3 Å². The summed E-state index contributed by atoms with van der Waals surface area (Å²) in [6.45, 7) is 3.76. The second kappa shape index (κ2) is 7.59. The zero-order valence-electron chi connectivity index (χ0n) is 14.3. The number of nitrogens with one attached hydrogen (secondary N) is 2. The molecule has 0 aliphatic heterocycles. The van der Waals surface area contributed by atoms with Gasteiger partial charge < -0.3 is 15.5 Å². The van der Waals surface area contributed by atoms with Gasteiger partial charge in [0.05, 0.1) is 0 Å². The van der Waals surface area contributed by atoms with Crippen molar-refractivity contribution in [3.8, 4) is 0 Å². The fraction of sp³-hybridized carbons (Fsp3) is 0.278. The van der Waals surface area contributed by atoms with Crippen LogP contribution in [0.1, 0.15) is 34.7 Å². The summed E-state index contributed by atoms with van der Waals surface area (Å²) >= 11 is 0. The largest absolute Gasteiger partial charge is 0.378 e. The molecule has 1 aromatic carbocycles. The molecule has 0 aliphatic rings. The maximum absolute atomic E-state index is 12.3. The third-order valence-corrected chi connectivity index (χ3v) is 3.32. The van der Waals surface area contributed by atoms with Crippen LogP contribution >= 0.6 is 0 Å². The molecule has 126 valence electrons. The fourth-order valence-electron chi connectivity index (χ4n) is 2.08. The van der Waals surface area contributed by atoms with E-state index in [0.29, 0.717) is 11.3 Å². The van der Waals surface area contributed by atoms with Crippen molar-refractivity contribution in [2.75, 3.05) is 24.3 Å². The lowest BCUT2D eigenvalue weighted by Gasteiger charge is -2.13. The first-order valence-electron chi connectivity index (χ1n) is 7.72. The number of benzene rings is 1. The van der Waals surface area contributed by atoms with Crippen LogP contribution in [0.3, 0.4) is 0 Å². The number of hydrogen-bond donors (Lipinski definition) is 2. The Bertz CT molecular complexity index is 724. The quantitative estimate of drug-likeness (QED) is 0.885. The van der Waals surface area contributed by atoms with E-state index in [9.17, 15) is 9.59 Å². The summed E-state index contributed by atoms with van der Waals surface area (Å²) < 4.78 is 0. The predicted octanol–water partition coefficient (Wildman–Crippen LogP) is 2.54. The Balaban J connectivity index is 2.11. The standard InChI is InChI=1S/C18H22N4O2/c1-12(2)20-17(23)13-9-10-19-16(11-13)18(24)21-14-5-7-15(8-6-14)22(3)4/h5-12H,1-4H3,(H,20,23)(H,21,24). The van der Waals surface area contributed by atoms with Gasteiger partial charge in [-0.05, 0) is 50.2 Å². The lowest BCUT2D eigenvalue weighted by atomic mass is 10.2. The highest BCUT2D eigenvalue weighted by atomic mass is 16.2. The van der Waals surface area contributed by atoms with Crippen LogP contribution in [0.25, 0.3) is 0 Å². The van der Waals surface area contributed by atoms with Gasteiger partial charge in [-0.2, -0.15) is 0 Å². The zero-order valence-corrected chi connectivity index (χ0v) is 14.3. The number of carbonyl (C=O) groups is 2. The summed E-state index contributed by atoms with van der Waals surface area (Å²) in [7, 11) is 3.90. The topological polar surface area (TPSA) is 74.3 Å². The summed E-state index contributed by atoms with van der Waals surface area (Å²) in [5.74, 6) is -0.580. The van der Waals surface area contributed by atoms with E-state index in [0.717, 1.165) is 5.69 Å². The number of rotatable bonds is 5. The minimum Gasteiger partial charge on any atom is -0.378 e. The maximum atomic E-state index is 12.3. The molecule has 6 nitrogen and oxygen atoms in total. The summed E-state index contributed by atoms with van der Waals surface area (Å²) in [6, 6.07) is 10.6. The van der Waals surface area contributed by atoms with Gasteiger partial charge in [0.2, 0.25) is 0 Å². The molecule has 2 N–H and O–H groups in total. The molecule has 0 saturated heterocycles. The first-order valence-corrected chi connectivity index (χ1v) is 7.72. The van der Waals surface area contributed by atoms with Crippen LogP contribution in [-0.4, -0.2) is 36.9 Å². The van der Waals surface area contributed by atoms with E-state index in [1.807, 2.05) is 57.1 Å². The van der Waals surface area contributed by atoms with Crippen LogP contribution in [0.4, 0.5) is 11.4 Å². The molecule has 0 atom stereocenters. The Labute approximate surface area is 141 Å². The molecule has 2 amide bonds. The third-order valence-electron chi connectivity index (χ3n) is 3.32. The highest BCUT2D eigenvalue weighted by molar-refractivity contribution is 6.04. The molecular formula is C18H22N4O2. The number of carbonyl (C=O) groups excluding carboxylic acids is 2. The van der Waals surface area contributed by atoms with Crippen molar-refractivity contribution in [1.29, 1.82) is 0 Å². The maximum Gasteiger partial charge on any atom is 0.274 e. The van der Waals surface area contributed by atoms with E-state index in [1.165, 1.54) is 12.3 Å². The molecule has 0 spiro atoms. The van der Waals surface area contributed by atoms with Gasteiger partial charge in [-0.1, -0.05) is 0 Å². The number of amides is 2. The molecule has 0 unspecified atom stereocenters. The van der Waals surface area contributed by atoms with E-state index in [-0.39, 0.29) is 23.6 Å². The van der Waals surface area contributed by atoms with Crippen molar-refractivity contribution in [2.24, 2.45) is 0 Å². The van der Waals surface area contributed by atoms with Gasteiger partial charge in [0.25, 0.3) is 11.8 Å². The van der Waals surface area contributed by atoms with E-state index in [2.05, 4.69) is 15.6 Å². The number of pyridine rings is 1. The molecule has 24 heavy (non-hydrogen) atoms. The van der Waals surface area contributed by atoms with Gasteiger partial charge in [-0.15, -0.1) is 0 Å². The van der Waals surface area contributed by atoms with E-state index in [1.54, 1.807) is 6.07 Å². The van der Waals surface area contributed by atoms with Gasteiger partial charge in [0.1, 0.15) is 5.69 Å². The van der Waals surface area contributed by atoms with Gasteiger partial charge >= 0.3 is 0 Å². The van der Waals surface area contributed by atoms with Crippen LogP contribution in [0.2, 0.25) is 0 Å². The van der Waals surface area contributed by atoms with E-state index >= 15 is 0 Å². The molecule has 2 rings (SSSR count). The Kier molecular flexibility index (Phi) is 5.52. The minimum absolute atomic E-state index is 0.0261. The second-order valence-electron chi connectivity index (χ2n) is 5.95. The van der Waals surface area contributed by atoms with Gasteiger partial charge in [-0.3, -0.25) is 14.6 Å². The Morgan fingerprint density at radius 2 is 1.71 bits per heavy atom. The molecule has 0 bridgehead atoms. The number of anilines is 2. The van der Waals surface area contributed by atoms with Crippen LogP contribution < -0.4 is 15.5 Å². The number of hydrogen-bond acceptors (Lipinski definition) is 4. The summed E-state index contributed by atoms with van der Waals surface area (Å²) in [4.78, 5) is 30.3. The second-order valence-corrected chi connectivity index (χ2v) is 5.95. The van der Waals surface area contributed by atoms with Crippen LogP contribution in [-0.2, 0) is 0 Å². The third kappa shape index (κ3) is 4.55. The van der Waals surface area contributed by atoms with Crippen LogP contribution in [0, 0.1) is 0 Å². The lowest BCUT2D eigenvalue weighted by molar-refractivity contribution is 0.0943. The molecule has 1 heterocycles. The first kappa shape index (κ1) is 17.5. The predicted molar refractivity (Wildman–Crippen MR) is 95.6 cm³/mol. The van der Waals surface area contributed by atoms with Crippen molar-refractivity contribution in [2.45, 2.75) is 19.9 Å². The highest BCUT2D eigenvalue weighted by Crippen LogP contribution is 2.16. The summed E-state index contributed by atoms with van der Waals surface area (Å²) in [6.07, 6.45) is 1.46. The average Bonchev–Trinajstić information content (AvgIpc) is 2.54. The fourth-order valence-corrected chi connectivity index (χ4v) is 2.08. The van der Waals surface area contributed by atoms with Crippen molar-refractivity contribution < 1.29 is 9.59 Å². The average molecular weight is 326 g/mol. The van der Waals surface area contributed by atoms with Crippen molar-refractivity contribution in [3.05, 3.63) is 53.9 Å². The number of nitrogens with zero attached hydrogens (tertiary/aromatic N) is 2. The Morgan fingerprint density at radius 3 is 2.29 bits per heavy atom. The SMILES string of the molecule is CC(C)NC(=O)c1ccnc(C(=O)Nc2ccc(N(C)C)cc2)c1. The Morgan fingerprint density at radius 1 is 1.04 bits per heavy atom. The van der Waals surface area contributed by atoms with Crippen LogP contribution in [0.5, 0.6) is 0 Å². The normalized spacial score (nSPS) is 10.4. The van der Waals surface area contributed by atoms with Gasteiger partial charge in [-0.25, -0.2) is 0 Å². The molecule has 0 saturated carbocycles.